The summed E-state index contributed by atoms with van der Waals surface area (Å²) in [5.41, 5.74) is -1.57. The Hall–Kier alpha value is -0.780. The van der Waals surface area contributed by atoms with Crippen LogP contribution in [0.2, 0.25) is 0 Å². The number of hydrogen-bond acceptors (Lipinski definition) is 13. The Balaban J connectivity index is 1.25. The Kier molecular flexibility index (Phi) is 12.2. The SMILES string of the molecule is CC(C)=CCC[C@@](C)(O)[C@H]1CC[C@]2(C)[C@@H]1CC[C@@H]1[C@@]3(C)CC[C@H](O[C@@H]4O[C@H](CO)[C@@H](O)[C@H](O)[C@H]4O[C@@H]4OC[C@H](O)[C@H](O)[C@H]4O)C(C)(C)[C@@H]3C[C@H](O)[C@]12CO. The molecule has 0 bridgehead atoms. The summed E-state index contributed by atoms with van der Waals surface area (Å²) in [6, 6.07) is 0. The van der Waals surface area contributed by atoms with Crippen molar-refractivity contribution in [2.45, 2.75) is 179 Å². The van der Waals surface area contributed by atoms with Crippen LogP contribution in [-0.4, -0.2) is 139 Å². The molecule has 13 nitrogen and oxygen atoms in total. The zero-order valence-corrected chi connectivity index (χ0v) is 33.4. The van der Waals surface area contributed by atoms with E-state index in [-0.39, 0.29) is 47.7 Å². The van der Waals surface area contributed by atoms with Crippen molar-refractivity contribution in [1.82, 2.24) is 0 Å². The van der Waals surface area contributed by atoms with E-state index < -0.39 is 90.6 Å². The molecule has 9 N–H and O–H groups in total. The summed E-state index contributed by atoms with van der Waals surface area (Å²) in [4.78, 5) is 0. The van der Waals surface area contributed by atoms with Crippen molar-refractivity contribution >= 4 is 0 Å². The molecule has 0 unspecified atom stereocenters. The highest BCUT2D eigenvalue weighted by Gasteiger charge is 2.74. The van der Waals surface area contributed by atoms with Gasteiger partial charge in [-0.05, 0) is 118 Å². The minimum atomic E-state index is -1.66. The molecule has 6 aliphatic rings. The van der Waals surface area contributed by atoms with Gasteiger partial charge >= 0.3 is 0 Å². The smallest absolute Gasteiger partial charge is 0.187 e. The Morgan fingerprint density at radius 1 is 0.833 bits per heavy atom. The van der Waals surface area contributed by atoms with Crippen LogP contribution in [0.1, 0.15) is 106 Å². The largest absolute Gasteiger partial charge is 0.396 e. The maximum absolute atomic E-state index is 12.5. The predicted octanol–water partition coefficient (Wildman–Crippen LogP) is 1.76. The normalized spacial score (nSPS) is 51.4. The third-order valence-corrected chi connectivity index (χ3v) is 16.2. The van der Waals surface area contributed by atoms with Crippen LogP contribution in [-0.2, 0) is 18.9 Å². The lowest BCUT2D eigenvalue weighted by Crippen LogP contribution is -2.71. The van der Waals surface area contributed by atoms with Gasteiger partial charge in [-0.15, -0.1) is 0 Å². The number of ether oxygens (including phenoxy) is 4. The van der Waals surface area contributed by atoms with E-state index in [1.165, 1.54) is 5.57 Å². The van der Waals surface area contributed by atoms with E-state index in [1.54, 1.807) is 0 Å². The van der Waals surface area contributed by atoms with Crippen molar-refractivity contribution in [3.8, 4) is 0 Å². The molecular formula is C41H70O13. The Morgan fingerprint density at radius 2 is 1.54 bits per heavy atom. The third-order valence-electron chi connectivity index (χ3n) is 16.2. The number of hydrogen-bond donors (Lipinski definition) is 9. The number of rotatable bonds is 10. The zero-order valence-electron chi connectivity index (χ0n) is 33.4. The van der Waals surface area contributed by atoms with Crippen LogP contribution in [0.15, 0.2) is 11.6 Å². The van der Waals surface area contributed by atoms with Gasteiger partial charge in [-0.3, -0.25) is 0 Å². The van der Waals surface area contributed by atoms with Gasteiger partial charge < -0.3 is 64.9 Å². The van der Waals surface area contributed by atoms with E-state index in [2.05, 4.69) is 47.6 Å². The van der Waals surface area contributed by atoms with Crippen molar-refractivity contribution in [2.24, 2.45) is 45.3 Å². The van der Waals surface area contributed by atoms with E-state index in [0.29, 0.717) is 19.3 Å². The topological polar surface area (TPSA) is 219 Å². The van der Waals surface area contributed by atoms with Gasteiger partial charge in [0.25, 0.3) is 0 Å². The average Bonchev–Trinajstić information content (AvgIpc) is 3.48. The molecule has 6 fully saturated rings. The molecular weight excluding hydrogens is 700 g/mol. The molecule has 0 aromatic rings. The summed E-state index contributed by atoms with van der Waals surface area (Å²) in [5, 5.41) is 98.8. The fourth-order valence-corrected chi connectivity index (χ4v) is 13.2. The van der Waals surface area contributed by atoms with E-state index in [4.69, 9.17) is 18.9 Å². The standard InChI is InChI=1S/C41H70O13/c1-21(2)9-8-14-40(7,50)23-12-16-39(6)22(23)10-11-26-38(5)15-13-29(37(3,4)27(38)17-28(45)41(26,39)20-43)53-36-34(32(48)31(47)25(18-42)52-36)54-35-33(49)30(46)24(44)19-51-35/h9,22-36,42-50H,8,10-20H2,1-7H3/t22-,23+,24+,25-,26-,27+,28+,29+,30+,31-,32+,33-,34-,35+,36+,38-,39-,40-,41+/m1/s1. The summed E-state index contributed by atoms with van der Waals surface area (Å²) >= 11 is 0. The molecule has 54 heavy (non-hydrogen) atoms. The number of aliphatic hydroxyl groups is 9. The van der Waals surface area contributed by atoms with Gasteiger partial charge in [-0.1, -0.05) is 39.3 Å². The lowest BCUT2D eigenvalue weighted by atomic mass is 9.34. The average molecular weight is 771 g/mol. The second-order valence-electron chi connectivity index (χ2n) is 19.5. The first-order chi connectivity index (χ1) is 25.2. The lowest BCUT2D eigenvalue weighted by molar-refractivity contribution is -0.372. The van der Waals surface area contributed by atoms with Crippen LogP contribution >= 0.6 is 0 Å². The molecule has 19 atom stereocenters. The van der Waals surface area contributed by atoms with E-state index >= 15 is 0 Å². The molecule has 0 aromatic carbocycles. The Bertz CT molecular complexity index is 1340. The van der Waals surface area contributed by atoms with Crippen LogP contribution in [0.3, 0.4) is 0 Å². The maximum Gasteiger partial charge on any atom is 0.187 e. The second-order valence-corrected chi connectivity index (χ2v) is 19.5. The minimum absolute atomic E-state index is 0.0177. The first kappa shape index (κ1) is 42.8. The summed E-state index contributed by atoms with van der Waals surface area (Å²) < 4.78 is 24.1. The first-order valence-corrected chi connectivity index (χ1v) is 20.4. The lowest BCUT2D eigenvalue weighted by Gasteiger charge is -2.71. The van der Waals surface area contributed by atoms with Crippen molar-refractivity contribution < 1.29 is 64.9 Å². The fraction of sp³-hybridized carbons (Fsp3) is 0.951. The summed E-state index contributed by atoms with van der Waals surface area (Å²) in [6.07, 6.45) is -5.49. The van der Waals surface area contributed by atoms with Gasteiger partial charge in [0.15, 0.2) is 12.6 Å². The highest BCUT2D eigenvalue weighted by atomic mass is 16.8. The molecule has 6 rings (SSSR count). The van der Waals surface area contributed by atoms with Crippen molar-refractivity contribution in [3.63, 3.8) is 0 Å². The van der Waals surface area contributed by atoms with Crippen LogP contribution in [0, 0.1) is 45.3 Å². The molecule has 0 radical (unpaired) electrons. The first-order valence-electron chi connectivity index (χ1n) is 20.4. The van der Waals surface area contributed by atoms with Crippen LogP contribution < -0.4 is 0 Å². The van der Waals surface area contributed by atoms with Gasteiger partial charge in [0, 0.05) is 5.41 Å². The van der Waals surface area contributed by atoms with Crippen molar-refractivity contribution in [2.75, 3.05) is 19.8 Å². The predicted molar refractivity (Wildman–Crippen MR) is 196 cm³/mol. The second kappa shape index (κ2) is 15.4. The molecule has 312 valence electrons. The van der Waals surface area contributed by atoms with Gasteiger partial charge in [-0.25, -0.2) is 0 Å². The fourth-order valence-electron chi connectivity index (χ4n) is 13.2. The van der Waals surface area contributed by atoms with Gasteiger partial charge in [-0.2, -0.15) is 0 Å². The quantitative estimate of drug-likeness (QED) is 0.114. The van der Waals surface area contributed by atoms with Crippen molar-refractivity contribution in [3.05, 3.63) is 11.6 Å². The van der Waals surface area contributed by atoms with Crippen molar-refractivity contribution in [1.29, 1.82) is 0 Å². The molecule has 2 aliphatic heterocycles. The Labute approximate surface area is 320 Å². The molecule has 2 saturated heterocycles. The molecule has 0 amide bonds. The molecule has 0 spiro atoms. The summed E-state index contributed by atoms with van der Waals surface area (Å²) in [7, 11) is 0. The van der Waals surface area contributed by atoms with E-state index in [0.717, 1.165) is 38.5 Å². The molecule has 4 aliphatic carbocycles. The van der Waals surface area contributed by atoms with E-state index in [9.17, 15) is 46.0 Å². The third kappa shape index (κ3) is 6.76. The highest BCUT2D eigenvalue weighted by Crippen LogP contribution is 2.76. The van der Waals surface area contributed by atoms with Crippen LogP contribution in [0.25, 0.3) is 0 Å². The summed E-state index contributed by atoms with van der Waals surface area (Å²) in [5.74, 6) is 0.221. The number of aliphatic hydroxyl groups excluding tert-OH is 8. The van der Waals surface area contributed by atoms with Crippen LogP contribution in [0.5, 0.6) is 0 Å². The van der Waals surface area contributed by atoms with Crippen LogP contribution in [0.4, 0.5) is 0 Å². The zero-order chi connectivity index (χ0) is 39.8. The number of allylic oxidation sites excluding steroid dienone is 2. The monoisotopic (exact) mass is 770 g/mol. The molecule has 2 heterocycles. The molecule has 4 saturated carbocycles. The van der Waals surface area contributed by atoms with E-state index in [1.807, 2.05) is 6.92 Å². The minimum Gasteiger partial charge on any atom is -0.396 e. The maximum atomic E-state index is 12.5. The Morgan fingerprint density at radius 3 is 2.19 bits per heavy atom. The summed E-state index contributed by atoms with van der Waals surface area (Å²) in [6.45, 7) is 13.9. The van der Waals surface area contributed by atoms with Gasteiger partial charge in [0.1, 0.15) is 42.7 Å². The van der Waals surface area contributed by atoms with Gasteiger partial charge in [0.05, 0.1) is 37.6 Å². The highest BCUT2D eigenvalue weighted by molar-refractivity contribution is 5.22. The van der Waals surface area contributed by atoms with Gasteiger partial charge in [0.2, 0.25) is 0 Å². The molecule has 13 heteroatoms. The molecule has 0 aromatic heterocycles. The number of fused-ring (bicyclic) bond motifs is 5.